The zero-order chi connectivity index (χ0) is 18.8. The van der Waals surface area contributed by atoms with E-state index in [2.05, 4.69) is 4.72 Å². The summed E-state index contributed by atoms with van der Waals surface area (Å²) in [7, 11) is -4.44. The van der Waals surface area contributed by atoms with Crippen LogP contribution in [0.15, 0.2) is 53.4 Å². The van der Waals surface area contributed by atoms with E-state index in [0.29, 0.717) is 5.56 Å². The van der Waals surface area contributed by atoms with Gasteiger partial charge in [0.05, 0.1) is 10.5 Å². The van der Waals surface area contributed by atoms with Crippen molar-refractivity contribution in [2.45, 2.75) is 31.0 Å². The SMILES string of the molecule is CC(C)C(NS(=O)(=O)c1ccccc1C(F)(F)F)c1ccc(F)cc1. The first-order valence-corrected chi connectivity index (χ1v) is 8.94. The van der Waals surface area contributed by atoms with Gasteiger partial charge >= 0.3 is 6.18 Å². The second kappa shape index (κ2) is 7.13. The van der Waals surface area contributed by atoms with Crippen molar-refractivity contribution in [3.05, 3.63) is 65.5 Å². The van der Waals surface area contributed by atoms with Crippen LogP contribution < -0.4 is 4.72 Å². The lowest BCUT2D eigenvalue weighted by Gasteiger charge is -2.24. The average molecular weight is 375 g/mol. The number of benzene rings is 2. The van der Waals surface area contributed by atoms with Crippen LogP contribution in [0.3, 0.4) is 0 Å². The molecule has 0 aliphatic heterocycles. The van der Waals surface area contributed by atoms with Crippen LogP contribution in [0.25, 0.3) is 0 Å². The van der Waals surface area contributed by atoms with Gasteiger partial charge in [-0.1, -0.05) is 38.1 Å². The molecule has 0 aliphatic carbocycles. The zero-order valence-corrected chi connectivity index (χ0v) is 14.3. The van der Waals surface area contributed by atoms with Crippen LogP contribution in [0.4, 0.5) is 17.6 Å². The number of hydrogen-bond donors (Lipinski definition) is 1. The van der Waals surface area contributed by atoms with E-state index in [-0.39, 0.29) is 5.92 Å². The van der Waals surface area contributed by atoms with E-state index < -0.39 is 38.5 Å². The molecule has 0 spiro atoms. The normalized spacial score (nSPS) is 13.9. The highest BCUT2D eigenvalue weighted by atomic mass is 32.2. The molecule has 1 atom stereocenters. The van der Waals surface area contributed by atoms with Gasteiger partial charge in [0.2, 0.25) is 10.0 Å². The van der Waals surface area contributed by atoms with Crippen molar-refractivity contribution in [1.29, 1.82) is 0 Å². The fraction of sp³-hybridized carbons (Fsp3) is 0.294. The topological polar surface area (TPSA) is 46.2 Å². The molecule has 2 aromatic rings. The minimum Gasteiger partial charge on any atom is -0.207 e. The van der Waals surface area contributed by atoms with Crippen molar-refractivity contribution in [3.63, 3.8) is 0 Å². The Kier molecular flexibility index (Phi) is 5.53. The first kappa shape index (κ1) is 19.4. The van der Waals surface area contributed by atoms with Crippen molar-refractivity contribution in [3.8, 4) is 0 Å². The third kappa shape index (κ3) is 4.58. The predicted molar refractivity (Wildman–Crippen MR) is 85.7 cm³/mol. The second-order valence-corrected chi connectivity index (χ2v) is 7.57. The van der Waals surface area contributed by atoms with Gasteiger partial charge in [0, 0.05) is 6.04 Å². The van der Waals surface area contributed by atoms with Crippen molar-refractivity contribution in [2.24, 2.45) is 5.92 Å². The number of halogens is 4. The van der Waals surface area contributed by atoms with Crippen molar-refractivity contribution < 1.29 is 26.0 Å². The number of sulfonamides is 1. The number of alkyl halides is 3. The standard InChI is InChI=1S/C17H17F4NO2S/c1-11(2)16(12-7-9-13(18)10-8-12)22-25(23,24)15-6-4-3-5-14(15)17(19,20)21/h3-11,16,22H,1-2H3. The van der Waals surface area contributed by atoms with E-state index in [1.165, 1.54) is 30.3 Å². The van der Waals surface area contributed by atoms with Gasteiger partial charge in [0.15, 0.2) is 0 Å². The summed E-state index contributed by atoms with van der Waals surface area (Å²) in [5, 5.41) is 0. The average Bonchev–Trinajstić information content (AvgIpc) is 2.53. The molecular formula is C17H17F4NO2S. The number of nitrogens with one attached hydrogen (secondary N) is 1. The molecule has 0 aliphatic rings. The predicted octanol–water partition coefficient (Wildman–Crippen LogP) is 4.52. The van der Waals surface area contributed by atoms with Crippen molar-refractivity contribution >= 4 is 10.0 Å². The van der Waals surface area contributed by atoms with E-state index >= 15 is 0 Å². The Morgan fingerprint density at radius 1 is 0.960 bits per heavy atom. The molecule has 1 unspecified atom stereocenters. The number of hydrogen-bond acceptors (Lipinski definition) is 2. The first-order valence-electron chi connectivity index (χ1n) is 7.46. The summed E-state index contributed by atoms with van der Waals surface area (Å²) in [6, 6.07) is 8.33. The minimum absolute atomic E-state index is 0.265. The summed E-state index contributed by atoms with van der Waals surface area (Å²) >= 11 is 0. The van der Waals surface area contributed by atoms with Crippen LogP contribution in [0.2, 0.25) is 0 Å². The molecule has 0 heterocycles. The van der Waals surface area contributed by atoms with Crippen molar-refractivity contribution in [1.82, 2.24) is 4.72 Å². The Morgan fingerprint density at radius 2 is 1.52 bits per heavy atom. The van der Waals surface area contributed by atoms with E-state index in [0.717, 1.165) is 18.2 Å². The molecule has 0 fully saturated rings. The third-order valence-electron chi connectivity index (χ3n) is 3.66. The van der Waals surface area contributed by atoms with Gasteiger partial charge in [-0.2, -0.15) is 13.2 Å². The van der Waals surface area contributed by atoms with Gasteiger partial charge in [-0.05, 0) is 35.7 Å². The monoisotopic (exact) mass is 375 g/mol. The smallest absolute Gasteiger partial charge is 0.207 e. The minimum atomic E-state index is -4.80. The van der Waals surface area contributed by atoms with Gasteiger partial charge < -0.3 is 0 Å². The Morgan fingerprint density at radius 3 is 2.04 bits per heavy atom. The Bertz CT molecular complexity index is 830. The number of rotatable bonds is 5. The lowest BCUT2D eigenvalue weighted by atomic mass is 9.97. The summed E-state index contributed by atoms with van der Waals surface area (Å²) in [4.78, 5) is -0.838. The maximum Gasteiger partial charge on any atom is 0.417 e. The van der Waals surface area contributed by atoms with E-state index in [1.807, 2.05) is 0 Å². The summed E-state index contributed by atoms with van der Waals surface area (Å²) in [6.07, 6.45) is -4.80. The highest BCUT2D eigenvalue weighted by molar-refractivity contribution is 7.89. The highest BCUT2D eigenvalue weighted by Gasteiger charge is 2.37. The van der Waals surface area contributed by atoms with Crippen LogP contribution >= 0.6 is 0 Å². The lowest BCUT2D eigenvalue weighted by molar-refractivity contribution is -0.139. The second-order valence-electron chi connectivity index (χ2n) is 5.89. The summed E-state index contributed by atoms with van der Waals surface area (Å²) in [6.45, 7) is 3.43. The van der Waals surface area contributed by atoms with Crippen molar-refractivity contribution in [2.75, 3.05) is 0 Å². The fourth-order valence-corrected chi connectivity index (χ4v) is 4.03. The Balaban J connectivity index is 2.44. The highest BCUT2D eigenvalue weighted by Crippen LogP contribution is 2.35. The molecule has 0 saturated carbocycles. The van der Waals surface area contributed by atoms with Crippen LogP contribution in [0.5, 0.6) is 0 Å². The van der Waals surface area contributed by atoms with Crippen LogP contribution in [0, 0.1) is 11.7 Å². The molecule has 0 radical (unpaired) electrons. The van der Waals surface area contributed by atoms with E-state index in [9.17, 15) is 26.0 Å². The van der Waals surface area contributed by atoms with Gasteiger partial charge in [0.1, 0.15) is 5.82 Å². The first-order chi connectivity index (χ1) is 11.5. The molecule has 0 saturated heterocycles. The summed E-state index contributed by atoms with van der Waals surface area (Å²) in [5.74, 6) is -0.755. The van der Waals surface area contributed by atoms with Gasteiger partial charge in [0.25, 0.3) is 0 Å². The van der Waals surface area contributed by atoms with Crippen LogP contribution in [0.1, 0.15) is 31.0 Å². The summed E-state index contributed by atoms with van der Waals surface area (Å²) < 4.78 is 79.8. The van der Waals surface area contributed by atoms with E-state index in [4.69, 9.17) is 0 Å². The molecule has 3 nitrogen and oxygen atoms in total. The van der Waals surface area contributed by atoms with E-state index in [1.54, 1.807) is 13.8 Å². The summed E-state index contributed by atoms with van der Waals surface area (Å²) in [5.41, 5.74) is -0.770. The Hall–Kier alpha value is -1.93. The molecule has 2 rings (SSSR count). The maximum atomic E-state index is 13.1. The fourth-order valence-electron chi connectivity index (χ4n) is 2.42. The molecule has 0 amide bonds. The molecule has 8 heteroatoms. The largest absolute Gasteiger partial charge is 0.417 e. The lowest BCUT2D eigenvalue weighted by Crippen LogP contribution is -2.33. The van der Waals surface area contributed by atoms with Gasteiger partial charge in [-0.15, -0.1) is 0 Å². The molecule has 136 valence electrons. The molecule has 1 N–H and O–H groups in total. The Labute approximate surface area is 143 Å². The molecule has 0 aromatic heterocycles. The third-order valence-corrected chi connectivity index (χ3v) is 5.16. The maximum absolute atomic E-state index is 13.1. The van der Waals surface area contributed by atoms with Gasteiger partial charge in [-0.25, -0.2) is 17.5 Å². The molecule has 25 heavy (non-hydrogen) atoms. The molecular weight excluding hydrogens is 358 g/mol. The zero-order valence-electron chi connectivity index (χ0n) is 13.5. The van der Waals surface area contributed by atoms with Crippen LogP contribution in [-0.4, -0.2) is 8.42 Å². The van der Waals surface area contributed by atoms with Crippen LogP contribution in [-0.2, 0) is 16.2 Å². The molecule has 0 bridgehead atoms. The quantitative estimate of drug-likeness (QED) is 0.781. The van der Waals surface area contributed by atoms with Gasteiger partial charge in [-0.3, -0.25) is 0 Å². The molecule has 2 aromatic carbocycles.